The van der Waals surface area contributed by atoms with E-state index in [1.807, 2.05) is 0 Å². The van der Waals surface area contributed by atoms with Crippen molar-refractivity contribution in [2.24, 2.45) is 11.7 Å². The zero-order valence-corrected chi connectivity index (χ0v) is 10.7. The summed E-state index contributed by atoms with van der Waals surface area (Å²) in [6.45, 7) is 0. The largest absolute Gasteiger partial charge is 0.506 e. The summed E-state index contributed by atoms with van der Waals surface area (Å²) < 4.78 is 0.316. The summed E-state index contributed by atoms with van der Waals surface area (Å²) in [6.07, 6.45) is 3.16. The highest BCUT2D eigenvalue weighted by molar-refractivity contribution is 9.10. The fourth-order valence-corrected chi connectivity index (χ4v) is 2.48. The van der Waals surface area contributed by atoms with Gasteiger partial charge in [0, 0.05) is 23.7 Å². The van der Waals surface area contributed by atoms with Crippen LogP contribution in [0.5, 0.6) is 5.75 Å². The molecule has 0 aromatic heterocycles. The maximum atomic E-state index is 10.8. The number of halogens is 1. The van der Waals surface area contributed by atoms with Gasteiger partial charge in [0.2, 0.25) is 0 Å². The molecule has 1 fully saturated rings. The van der Waals surface area contributed by atoms with Crippen LogP contribution in [0.2, 0.25) is 0 Å². The number of benzene rings is 1. The standard InChI is InChI=1S/C11H13BrN2O3/c12-9-5-7(14(16)17)4-8(11(9)15)10(13)6-2-1-3-6/h4-6,10,15H,1-3,13H2/t10-/m1/s1. The average Bonchev–Trinajstić information content (AvgIpc) is 2.18. The number of hydrogen-bond acceptors (Lipinski definition) is 4. The summed E-state index contributed by atoms with van der Waals surface area (Å²) in [5, 5.41) is 20.6. The first-order chi connectivity index (χ1) is 8.00. The van der Waals surface area contributed by atoms with Crippen LogP contribution in [-0.4, -0.2) is 10.0 Å². The highest BCUT2D eigenvalue weighted by atomic mass is 79.9. The first kappa shape index (κ1) is 12.3. The number of phenols is 1. The smallest absolute Gasteiger partial charge is 0.271 e. The second-order valence-electron chi connectivity index (χ2n) is 4.34. The molecule has 1 atom stereocenters. The zero-order valence-electron chi connectivity index (χ0n) is 9.10. The van der Waals surface area contributed by atoms with Crippen LogP contribution >= 0.6 is 15.9 Å². The number of rotatable bonds is 3. The lowest BCUT2D eigenvalue weighted by atomic mass is 9.77. The van der Waals surface area contributed by atoms with E-state index < -0.39 is 4.92 Å². The Labute approximate surface area is 107 Å². The molecule has 0 unspecified atom stereocenters. The molecule has 1 aromatic carbocycles. The minimum atomic E-state index is -0.485. The molecule has 1 aromatic rings. The maximum Gasteiger partial charge on any atom is 0.271 e. The van der Waals surface area contributed by atoms with Gasteiger partial charge in [0.25, 0.3) is 5.69 Å². The van der Waals surface area contributed by atoms with Gasteiger partial charge in [-0.15, -0.1) is 0 Å². The molecule has 0 spiro atoms. The monoisotopic (exact) mass is 300 g/mol. The van der Waals surface area contributed by atoms with Crippen LogP contribution in [0.15, 0.2) is 16.6 Å². The Bertz CT molecular complexity index is 460. The van der Waals surface area contributed by atoms with Gasteiger partial charge in [0.1, 0.15) is 5.75 Å². The molecular formula is C11H13BrN2O3. The molecule has 0 heterocycles. The summed E-state index contributed by atoms with van der Waals surface area (Å²) in [5.41, 5.74) is 6.43. The molecule has 0 aliphatic heterocycles. The third kappa shape index (κ3) is 2.28. The summed E-state index contributed by atoms with van der Waals surface area (Å²) in [7, 11) is 0. The van der Waals surface area contributed by atoms with E-state index in [-0.39, 0.29) is 17.5 Å². The second-order valence-corrected chi connectivity index (χ2v) is 5.19. The fraction of sp³-hybridized carbons (Fsp3) is 0.455. The van der Waals surface area contributed by atoms with Crippen molar-refractivity contribution in [1.82, 2.24) is 0 Å². The molecule has 3 N–H and O–H groups in total. The van der Waals surface area contributed by atoms with Crippen molar-refractivity contribution in [2.45, 2.75) is 25.3 Å². The SMILES string of the molecule is N[C@@H](c1cc([N+](=O)[O-])cc(Br)c1O)C1CCC1. The molecule has 2 rings (SSSR count). The van der Waals surface area contributed by atoms with Gasteiger partial charge in [-0.25, -0.2) is 0 Å². The minimum absolute atomic E-state index is 0.00926. The molecule has 0 saturated heterocycles. The molecule has 6 heteroatoms. The fourth-order valence-electron chi connectivity index (χ4n) is 2.02. The molecule has 0 radical (unpaired) electrons. The van der Waals surface area contributed by atoms with E-state index in [4.69, 9.17) is 5.73 Å². The van der Waals surface area contributed by atoms with Crippen molar-refractivity contribution >= 4 is 21.6 Å². The van der Waals surface area contributed by atoms with Gasteiger partial charge in [-0.2, -0.15) is 0 Å². The van der Waals surface area contributed by atoms with Crippen molar-refractivity contribution in [2.75, 3.05) is 0 Å². The van der Waals surface area contributed by atoms with Crippen molar-refractivity contribution in [3.8, 4) is 5.75 Å². The van der Waals surface area contributed by atoms with E-state index in [0.29, 0.717) is 16.0 Å². The summed E-state index contributed by atoms with van der Waals surface area (Å²) in [6, 6.07) is 2.31. The molecule has 17 heavy (non-hydrogen) atoms. The number of nitro groups is 1. The van der Waals surface area contributed by atoms with E-state index in [2.05, 4.69) is 15.9 Å². The quantitative estimate of drug-likeness (QED) is 0.663. The molecule has 5 nitrogen and oxygen atoms in total. The Kier molecular flexibility index (Phi) is 3.35. The van der Waals surface area contributed by atoms with Crippen LogP contribution < -0.4 is 5.73 Å². The van der Waals surface area contributed by atoms with E-state index >= 15 is 0 Å². The summed E-state index contributed by atoms with van der Waals surface area (Å²) >= 11 is 3.11. The molecule has 1 aliphatic carbocycles. The average molecular weight is 301 g/mol. The Morgan fingerprint density at radius 2 is 2.18 bits per heavy atom. The highest BCUT2D eigenvalue weighted by Crippen LogP contribution is 2.42. The number of aromatic hydroxyl groups is 1. The predicted octanol–water partition coefficient (Wildman–Crippen LogP) is 2.86. The van der Waals surface area contributed by atoms with Gasteiger partial charge >= 0.3 is 0 Å². The van der Waals surface area contributed by atoms with Crippen LogP contribution in [0, 0.1) is 16.0 Å². The summed E-state index contributed by atoms with van der Waals surface area (Å²) in [4.78, 5) is 10.3. The van der Waals surface area contributed by atoms with Gasteiger partial charge in [0.15, 0.2) is 0 Å². The van der Waals surface area contributed by atoms with Gasteiger partial charge in [-0.1, -0.05) is 6.42 Å². The lowest BCUT2D eigenvalue weighted by Gasteiger charge is -2.31. The Morgan fingerprint density at radius 3 is 2.65 bits per heavy atom. The van der Waals surface area contributed by atoms with Crippen LogP contribution in [0.4, 0.5) is 5.69 Å². The minimum Gasteiger partial charge on any atom is -0.506 e. The molecule has 0 amide bonds. The van der Waals surface area contributed by atoms with Crippen LogP contribution in [0.25, 0.3) is 0 Å². The topological polar surface area (TPSA) is 89.4 Å². The van der Waals surface area contributed by atoms with Gasteiger partial charge in [-0.3, -0.25) is 10.1 Å². The number of nitrogens with two attached hydrogens (primary N) is 1. The van der Waals surface area contributed by atoms with Crippen molar-refractivity contribution in [1.29, 1.82) is 0 Å². The van der Waals surface area contributed by atoms with E-state index in [9.17, 15) is 15.2 Å². The zero-order chi connectivity index (χ0) is 12.6. The Balaban J connectivity index is 2.40. The number of hydrogen-bond donors (Lipinski definition) is 2. The number of non-ortho nitro benzene ring substituents is 1. The third-order valence-corrected chi connectivity index (χ3v) is 3.91. The first-order valence-electron chi connectivity index (χ1n) is 5.43. The lowest BCUT2D eigenvalue weighted by molar-refractivity contribution is -0.385. The van der Waals surface area contributed by atoms with Gasteiger partial charge < -0.3 is 10.8 Å². The molecule has 1 aliphatic rings. The van der Waals surface area contributed by atoms with Crippen LogP contribution in [0.3, 0.4) is 0 Å². The van der Waals surface area contributed by atoms with Crippen LogP contribution in [0.1, 0.15) is 30.9 Å². The van der Waals surface area contributed by atoms with E-state index in [0.717, 1.165) is 19.3 Å². The number of nitrogens with zero attached hydrogens (tertiary/aromatic N) is 1. The van der Waals surface area contributed by atoms with Crippen molar-refractivity contribution in [3.63, 3.8) is 0 Å². The van der Waals surface area contributed by atoms with E-state index in [1.165, 1.54) is 12.1 Å². The predicted molar refractivity (Wildman–Crippen MR) is 66.7 cm³/mol. The number of phenolic OH excluding ortho intramolecular Hbond substituents is 1. The lowest BCUT2D eigenvalue weighted by Crippen LogP contribution is -2.27. The van der Waals surface area contributed by atoms with Crippen molar-refractivity contribution in [3.05, 3.63) is 32.3 Å². The molecule has 92 valence electrons. The molecule has 0 bridgehead atoms. The summed E-state index contributed by atoms with van der Waals surface area (Å²) in [5.74, 6) is 0.324. The van der Waals surface area contributed by atoms with E-state index in [1.54, 1.807) is 0 Å². The molecule has 1 saturated carbocycles. The first-order valence-corrected chi connectivity index (χ1v) is 6.22. The molecular weight excluding hydrogens is 288 g/mol. The maximum absolute atomic E-state index is 10.8. The third-order valence-electron chi connectivity index (χ3n) is 3.31. The van der Waals surface area contributed by atoms with Gasteiger partial charge in [-0.05, 0) is 34.7 Å². The number of nitro benzene ring substituents is 1. The van der Waals surface area contributed by atoms with Crippen LogP contribution in [-0.2, 0) is 0 Å². The Morgan fingerprint density at radius 1 is 1.53 bits per heavy atom. The second kappa shape index (κ2) is 4.62. The van der Waals surface area contributed by atoms with Gasteiger partial charge in [0.05, 0.1) is 9.40 Å². The highest BCUT2D eigenvalue weighted by Gasteiger charge is 2.29. The Hall–Kier alpha value is -1.14. The van der Waals surface area contributed by atoms with Crippen molar-refractivity contribution < 1.29 is 10.0 Å². The normalized spacial score (nSPS) is 17.5.